The van der Waals surface area contributed by atoms with Crippen LogP contribution in [0.25, 0.3) is 17.0 Å². The lowest BCUT2D eigenvalue weighted by Gasteiger charge is -1.97. The number of aliphatic hydroxyl groups excluding tert-OH is 1. The third-order valence-corrected chi connectivity index (χ3v) is 2.82. The number of H-pyrrole nitrogens is 1. The first-order valence-electron chi connectivity index (χ1n) is 5.66. The number of benzene rings is 1. The van der Waals surface area contributed by atoms with Gasteiger partial charge in [0.1, 0.15) is 12.1 Å². The smallest absolute Gasteiger partial charge is 0.171 e. The van der Waals surface area contributed by atoms with E-state index in [0.717, 1.165) is 11.3 Å². The molecule has 0 saturated carbocycles. The molecule has 0 aliphatic carbocycles. The Balaban J connectivity index is 2.53. The minimum atomic E-state index is -0.291. The van der Waals surface area contributed by atoms with Crippen molar-refractivity contribution in [3.05, 3.63) is 53.2 Å². The Labute approximate surface area is 110 Å². The van der Waals surface area contributed by atoms with Gasteiger partial charge >= 0.3 is 0 Å². The Morgan fingerprint density at radius 2 is 1.79 bits per heavy atom. The van der Waals surface area contributed by atoms with Crippen LogP contribution in [0.15, 0.2) is 42.0 Å². The summed E-state index contributed by atoms with van der Waals surface area (Å²) in [5.41, 5.74) is 2.69. The number of aromatic nitrogens is 1. The molecule has 1 heterocycles. The Morgan fingerprint density at radius 1 is 1.16 bits per heavy atom. The molecule has 0 aliphatic rings. The molecular formula is C15H11N3O. The average molecular weight is 249 g/mol. The molecule has 0 atom stereocenters. The predicted molar refractivity (Wildman–Crippen MR) is 71.7 cm³/mol. The van der Waals surface area contributed by atoms with Crippen molar-refractivity contribution in [1.29, 1.82) is 10.5 Å². The van der Waals surface area contributed by atoms with Crippen LogP contribution in [-0.4, -0.2) is 10.1 Å². The molecule has 2 N–H and O–H groups in total. The fourth-order valence-electron chi connectivity index (χ4n) is 1.84. The SMILES string of the molecule is Cc1[nH]c(-c2ccccc2)cc1C(O)=C(C#N)C#N. The van der Waals surface area contributed by atoms with Gasteiger partial charge in [-0.15, -0.1) is 0 Å². The van der Waals surface area contributed by atoms with Crippen molar-refractivity contribution in [2.45, 2.75) is 6.92 Å². The van der Waals surface area contributed by atoms with Gasteiger partial charge < -0.3 is 10.1 Å². The fourth-order valence-corrected chi connectivity index (χ4v) is 1.84. The number of aryl methyl sites for hydroxylation is 1. The van der Waals surface area contributed by atoms with Crippen molar-refractivity contribution in [2.75, 3.05) is 0 Å². The van der Waals surface area contributed by atoms with Crippen LogP contribution >= 0.6 is 0 Å². The normalized spacial score (nSPS) is 9.42. The van der Waals surface area contributed by atoms with Crippen molar-refractivity contribution in [1.82, 2.24) is 4.98 Å². The maximum Gasteiger partial charge on any atom is 0.171 e. The zero-order chi connectivity index (χ0) is 13.8. The van der Waals surface area contributed by atoms with E-state index in [4.69, 9.17) is 10.5 Å². The average Bonchev–Trinajstić information content (AvgIpc) is 2.83. The van der Waals surface area contributed by atoms with Crippen LogP contribution in [-0.2, 0) is 0 Å². The summed E-state index contributed by atoms with van der Waals surface area (Å²) in [4.78, 5) is 3.13. The van der Waals surface area contributed by atoms with E-state index in [1.54, 1.807) is 25.1 Å². The van der Waals surface area contributed by atoms with Gasteiger partial charge in [0.05, 0.1) is 0 Å². The molecule has 2 aromatic rings. The zero-order valence-electron chi connectivity index (χ0n) is 10.3. The number of aliphatic hydroxyl groups is 1. The van der Waals surface area contributed by atoms with Crippen LogP contribution in [0.4, 0.5) is 0 Å². The van der Waals surface area contributed by atoms with Crippen LogP contribution in [0, 0.1) is 29.6 Å². The molecule has 4 nitrogen and oxygen atoms in total. The van der Waals surface area contributed by atoms with E-state index in [2.05, 4.69) is 4.98 Å². The van der Waals surface area contributed by atoms with E-state index in [1.807, 2.05) is 30.3 Å². The van der Waals surface area contributed by atoms with E-state index < -0.39 is 0 Å². The maximum absolute atomic E-state index is 9.94. The van der Waals surface area contributed by atoms with Gasteiger partial charge in [0.25, 0.3) is 0 Å². The summed E-state index contributed by atoms with van der Waals surface area (Å²) < 4.78 is 0. The molecule has 0 amide bonds. The van der Waals surface area contributed by atoms with Crippen molar-refractivity contribution >= 4 is 5.76 Å². The minimum absolute atomic E-state index is 0.290. The molecule has 19 heavy (non-hydrogen) atoms. The molecule has 4 heteroatoms. The summed E-state index contributed by atoms with van der Waals surface area (Å²) in [5, 5.41) is 27.5. The Bertz CT molecular complexity index is 696. The number of hydrogen-bond acceptors (Lipinski definition) is 3. The lowest BCUT2D eigenvalue weighted by Crippen LogP contribution is -1.88. The van der Waals surface area contributed by atoms with Crippen molar-refractivity contribution in [3.63, 3.8) is 0 Å². The van der Waals surface area contributed by atoms with Gasteiger partial charge in [-0.1, -0.05) is 30.3 Å². The third kappa shape index (κ3) is 2.34. The van der Waals surface area contributed by atoms with Gasteiger partial charge in [-0.05, 0) is 18.6 Å². The third-order valence-electron chi connectivity index (χ3n) is 2.82. The number of rotatable bonds is 2. The maximum atomic E-state index is 9.94. The largest absolute Gasteiger partial charge is 0.505 e. The molecule has 0 saturated heterocycles. The summed E-state index contributed by atoms with van der Waals surface area (Å²) in [6.45, 7) is 1.78. The second kappa shape index (κ2) is 5.12. The number of hydrogen-bond donors (Lipinski definition) is 2. The highest BCUT2D eigenvalue weighted by Gasteiger charge is 2.13. The molecule has 0 fully saturated rings. The number of allylic oxidation sites excluding steroid dienone is 1. The van der Waals surface area contributed by atoms with Crippen LogP contribution in [0.3, 0.4) is 0 Å². The summed E-state index contributed by atoms with van der Waals surface area (Å²) in [6, 6.07) is 14.7. The van der Waals surface area contributed by atoms with Crippen LogP contribution in [0.2, 0.25) is 0 Å². The highest BCUT2D eigenvalue weighted by atomic mass is 16.3. The standard InChI is InChI=1S/C15H11N3O/c1-10-13(15(19)12(8-16)9-17)7-14(18-10)11-5-3-2-4-6-11/h2-7,18-19H,1H3. The summed E-state index contributed by atoms with van der Waals surface area (Å²) in [6.07, 6.45) is 0. The molecule has 0 radical (unpaired) electrons. The quantitative estimate of drug-likeness (QED) is 0.632. The van der Waals surface area contributed by atoms with E-state index in [0.29, 0.717) is 11.3 Å². The monoisotopic (exact) mass is 249 g/mol. The van der Waals surface area contributed by atoms with Crippen LogP contribution in [0.5, 0.6) is 0 Å². The second-order valence-electron chi connectivity index (χ2n) is 4.03. The molecular weight excluding hydrogens is 238 g/mol. The number of nitrogens with zero attached hydrogens (tertiary/aromatic N) is 2. The van der Waals surface area contributed by atoms with Gasteiger partial charge in [0, 0.05) is 17.0 Å². The highest BCUT2D eigenvalue weighted by molar-refractivity contribution is 5.75. The van der Waals surface area contributed by atoms with Crippen LogP contribution in [0.1, 0.15) is 11.3 Å². The first-order valence-corrected chi connectivity index (χ1v) is 5.66. The molecule has 0 spiro atoms. The molecule has 1 aromatic heterocycles. The first-order chi connectivity index (χ1) is 9.17. The van der Waals surface area contributed by atoms with Crippen molar-refractivity contribution in [3.8, 4) is 23.4 Å². The van der Waals surface area contributed by atoms with Gasteiger partial charge in [0.2, 0.25) is 0 Å². The lowest BCUT2D eigenvalue weighted by atomic mass is 10.1. The number of nitriles is 2. The van der Waals surface area contributed by atoms with E-state index in [-0.39, 0.29) is 11.3 Å². The predicted octanol–water partition coefficient (Wildman–Crippen LogP) is 3.31. The topological polar surface area (TPSA) is 83.6 Å². The van der Waals surface area contributed by atoms with E-state index in [1.165, 1.54) is 0 Å². The lowest BCUT2D eigenvalue weighted by molar-refractivity contribution is 0.509. The van der Waals surface area contributed by atoms with Gasteiger partial charge in [-0.3, -0.25) is 0 Å². The number of aromatic amines is 1. The van der Waals surface area contributed by atoms with Gasteiger partial charge in [-0.2, -0.15) is 10.5 Å². The Morgan fingerprint density at radius 3 is 2.37 bits per heavy atom. The van der Waals surface area contributed by atoms with Crippen molar-refractivity contribution < 1.29 is 5.11 Å². The molecule has 1 aromatic carbocycles. The minimum Gasteiger partial charge on any atom is -0.505 e. The second-order valence-corrected chi connectivity index (χ2v) is 4.03. The van der Waals surface area contributed by atoms with E-state index >= 15 is 0 Å². The zero-order valence-corrected chi connectivity index (χ0v) is 10.3. The molecule has 0 unspecified atom stereocenters. The summed E-state index contributed by atoms with van der Waals surface area (Å²) >= 11 is 0. The first kappa shape index (κ1) is 12.5. The number of nitrogens with one attached hydrogen (secondary N) is 1. The van der Waals surface area contributed by atoms with Gasteiger partial charge in [-0.25, -0.2) is 0 Å². The fraction of sp³-hybridized carbons (Fsp3) is 0.0667. The summed E-state index contributed by atoms with van der Waals surface area (Å²) in [7, 11) is 0. The molecule has 92 valence electrons. The van der Waals surface area contributed by atoms with E-state index in [9.17, 15) is 5.11 Å². The highest BCUT2D eigenvalue weighted by Crippen LogP contribution is 2.26. The van der Waals surface area contributed by atoms with Gasteiger partial charge in [0.15, 0.2) is 11.3 Å². The van der Waals surface area contributed by atoms with Crippen molar-refractivity contribution in [2.24, 2.45) is 0 Å². The Hall–Kier alpha value is -2.98. The van der Waals surface area contributed by atoms with Crippen LogP contribution < -0.4 is 0 Å². The Kier molecular flexibility index (Phi) is 3.36. The molecule has 0 aliphatic heterocycles. The molecule has 2 rings (SSSR count). The summed E-state index contributed by atoms with van der Waals surface area (Å²) in [5.74, 6) is -0.291. The molecule has 0 bridgehead atoms.